The summed E-state index contributed by atoms with van der Waals surface area (Å²) in [6, 6.07) is 0. The Morgan fingerprint density at radius 1 is 0.846 bits per heavy atom. The Kier molecular flexibility index (Phi) is 13.3. The van der Waals surface area contributed by atoms with Crippen molar-refractivity contribution >= 4 is 5.84 Å². The number of rotatable bonds is 17. The van der Waals surface area contributed by atoms with Crippen molar-refractivity contribution in [2.45, 2.75) is 104 Å². The van der Waals surface area contributed by atoms with Crippen LogP contribution in [0.1, 0.15) is 104 Å². The molecule has 1 atom stereocenters. The zero-order valence-corrected chi connectivity index (χ0v) is 18.1. The molecule has 26 heavy (non-hydrogen) atoms. The molecule has 1 N–H and O–H groups in total. The zero-order valence-electron chi connectivity index (χ0n) is 18.1. The summed E-state index contributed by atoms with van der Waals surface area (Å²) in [6.45, 7) is 7.79. The van der Waals surface area contributed by atoms with Crippen LogP contribution in [0.4, 0.5) is 0 Å². The third-order valence-corrected chi connectivity index (χ3v) is 6.04. The molecule has 0 saturated carbocycles. The van der Waals surface area contributed by atoms with Gasteiger partial charge in [-0.05, 0) is 12.3 Å². The molecular weight excluding hydrogens is 320 g/mol. The zero-order chi connectivity index (χ0) is 19.1. The molecule has 0 aromatic rings. The van der Waals surface area contributed by atoms with Crippen molar-refractivity contribution in [3.63, 3.8) is 0 Å². The van der Waals surface area contributed by atoms with Gasteiger partial charge in [-0.25, -0.2) is 4.99 Å². The predicted molar refractivity (Wildman–Crippen MR) is 115 cm³/mol. The highest BCUT2D eigenvalue weighted by Gasteiger charge is 2.32. The van der Waals surface area contributed by atoms with Gasteiger partial charge in [-0.15, -0.1) is 0 Å². The number of aliphatic imine (C=N–C) groups is 1. The highest BCUT2D eigenvalue weighted by molar-refractivity contribution is 5.76. The third-order valence-electron chi connectivity index (χ3n) is 6.04. The lowest BCUT2D eigenvalue weighted by Crippen LogP contribution is -2.48. The molecule has 0 radical (unpaired) electrons. The van der Waals surface area contributed by atoms with Crippen molar-refractivity contribution < 1.29 is 9.59 Å². The van der Waals surface area contributed by atoms with E-state index in [1.165, 1.54) is 89.3 Å². The van der Waals surface area contributed by atoms with Gasteiger partial charge in [0.15, 0.2) is 5.84 Å². The summed E-state index contributed by atoms with van der Waals surface area (Å²) in [5.41, 5.74) is 0. The van der Waals surface area contributed by atoms with Crippen LogP contribution in [-0.2, 0) is 0 Å². The molecule has 0 fully saturated rings. The molecule has 3 nitrogen and oxygen atoms in total. The summed E-state index contributed by atoms with van der Waals surface area (Å²) in [4.78, 5) is 4.69. The van der Waals surface area contributed by atoms with Crippen molar-refractivity contribution in [1.29, 1.82) is 0 Å². The molecule has 154 valence electrons. The first-order valence-electron chi connectivity index (χ1n) is 11.6. The summed E-state index contributed by atoms with van der Waals surface area (Å²) in [6.07, 6.45) is 19.5. The van der Waals surface area contributed by atoms with Crippen molar-refractivity contribution in [3.8, 4) is 0 Å². The monoisotopic (exact) mass is 367 g/mol. The Morgan fingerprint density at radius 2 is 1.35 bits per heavy atom. The van der Waals surface area contributed by atoms with E-state index in [0.29, 0.717) is 0 Å². The van der Waals surface area contributed by atoms with Crippen molar-refractivity contribution in [3.05, 3.63) is 0 Å². The van der Waals surface area contributed by atoms with Gasteiger partial charge in [-0.2, -0.15) is 0 Å². The van der Waals surface area contributed by atoms with Gasteiger partial charge in [0.25, 0.3) is 0 Å². The lowest BCUT2D eigenvalue weighted by molar-refractivity contribution is -0.815. The number of amidine groups is 1. The number of aliphatic hydroxyl groups excluding tert-OH is 1. The molecule has 0 aromatic heterocycles. The Labute approximate surface area is 163 Å². The van der Waals surface area contributed by atoms with Crippen LogP contribution in [0.2, 0.25) is 0 Å². The lowest BCUT2D eigenvalue weighted by atomic mass is 10.0. The average Bonchev–Trinajstić information content (AvgIpc) is 2.95. The number of hydrogen-bond donors (Lipinski definition) is 1. The van der Waals surface area contributed by atoms with E-state index in [1.807, 2.05) is 0 Å². The molecule has 0 aromatic carbocycles. The van der Waals surface area contributed by atoms with Gasteiger partial charge >= 0.3 is 0 Å². The third kappa shape index (κ3) is 10.7. The Balaban J connectivity index is 1.84. The summed E-state index contributed by atoms with van der Waals surface area (Å²) in [7, 11) is 2.23. The van der Waals surface area contributed by atoms with Crippen LogP contribution in [0.25, 0.3) is 0 Å². The molecule has 0 bridgehead atoms. The molecule has 0 aliphatic carbocycles. The van der Waals surface area contributed by atoms with Crippen LogP contribution in [-0.4, -0.2) is 48.7 Å². The van der Waals surface area contributed by atoms with Gasteiger partial charge in [0, 0.05) is 6.42 Å². The number of unbranched alkanes of at least 4 members (excludes halogenated alkanes) is 11. The van der Waals surface area contributed by atoms with Gasteiger partial charge in [-0.1, -0.05) is 90.9 Å². The van der Waals surface area contributed by atoms with E-state index in [1.54, 1.807) is 0 Å². The summed E-state index contributed by atoms with van der Waals surface area (Å²) in [5.74, 6) is 2.21. The predicted octanol–water partition coefficient (Wildman–Crippen LogP) is 5.95. The van der Waals surface area contributed by atoms with Crippen molar-refractivity contribution in [2.24, 2.45) is 10.9 Å². The van der Waals surface area contributed by atoms with E-state index in [0.717, 1.165) is 36.5 Å². The Morgan fingerprint density at radius 3 is 1.85 bits per heavy atom. The fourth-order valence-electron chi connectivity index (χ4n) is 4.11. The van der Waals surface area contributed by atoms with E-state index in [-0.39, 0.29) is 6.61 Å². The molecule has 0 saturated heterocycles. The molecular formula is C23H47N2O+. The van der Waals surface area contributed by atoms with E-state index < -0.39 is 0 Å². The second kappa shape index (κ2) is 14.6. The molecule has 0 amide bonds. The van der Waals surface area contributed by atoms with Gasteiger partial charge in [0.05, 0.1) is 20.2 Å². The van der Waals surface area contributed by atoms with Crippen molar-refractivity contribution in [2.75, 3.05) is 33.3 Å². The quantitative estimate of drug-likeness (QED) is 0.250. The summed E-state index contributed by atoms with van der Waals surface area (Å²) >= 11 is 0. The molecule has 1 rings (SSSR count). The SMILES string of the molecule is CC(C)CCCCCCCCCCCCCCC1=NCC[N+]1(C)CCO. The van der Waals surface area contributed by atoms with Gasteiger partial charge in [-0.3, -0.25) is 4.48 Å². The fourth-order valence-corrected chi connectivity index (χ4v) is 4.11. The second-order valence-electron chi connectivity index (χ2n) is 9.04. The largest absolute Gasteiger partial charge is 0.390 e. The minimum Gasteiger partial charge on any atom is -0.390 e. The van der Waals surface area contributed by atoms with E-state index in [9.17, 15) is 5.11 Å². The number of quaternary nitrogens is 1. The van der Waals surface area contributed by atoms with E-state index >= 15 is 0 Å². The van der Waals surface area contributed by atoms with Crippen LogP contribution in [0.3, 0.4) is 0 Å². The highest BCUT2D eigenvalue weighted by atomic mass is 16.3. The maximum absolute atomic E-state index is 9.24. The first kappa shape index (κ1) is 23.6. The van der Waals surface area contributed by atoms with Gasteiger partial charge in [0.1, 0.15) is 13.1 Å². The standard InChI is InChI=1S/C23H47N2O/c1-22(2)16-14-12-10-8-6-4-5-7-9-11-13-15-17-23-24-18-19-25(23,3)20-21-26/h22,26H,4-21H2,1-3H3/q+1. The first-order valence-corrected chi connectivity index (χ1v) is 11.6. The van der Waals surface area contributed by atoms with Crippen LogP contribution in [0.5, 0.6) is 0 Å². The maximum Gasteiger partial charge on any atom is 0.198 e. The van der Waals surface area contributed by atoms with E-state index in [4.69, 9.17) is 0 Å². The lowest BCUT2D eigenvalue weighted by Gasteiger charge is -2.29. The maximum atomic E-state index is 9.24. The van der Waals surface area contributed by atoms with Crippen LogP contribution < -0.4 is 0 Å². The second-order valence-corrected chi connectivity index (χ2v) is 9.04. The van der Waals surface area contributed by atoms with Gasteiger partial charge < -0.3 is 5.11 Å². The van der Waals surface area contributed by atoms with Gasteiger partial charge in [0.2, 0.25) is 0 Å². The molecule has 1 heterocycles. The Bertz CT molecular complexity index is 367. The fraction of sp³-hybridized carbons (Fsp3) is 0.957. The van der Waals surface area contributed by atoms with Crippen molar-refractivity contribution in [1.82, 2.24) is 0 Å². The molecule has 3 heteroatoms. The normalized spacial score (nSPS) is 20.1. The number of nitrogens with zero attached hydrogens (tertiary/aromatic N) is 2. The number of aliphatic hydroxyl groups is 1. The van der Waals surface area contributed by atoms with Crippen LogP contribution >= 0.6 is 0 Å². The summed E-state index contributed by atoms with van der Waals surface area (Å²) in [5, 5.41) is 9.24. The number of hydrogen-bond acceptors (Lipinski definition) is 2. The minimum absolute atomic E-state index is 0.271. The molecule has 1 aliphatic rings. The minimum atomic E-state index is 0.271. The van der Waals surface area contributed by atoms with Crippen LogP contribution in [0, 0.1) is 5.92 Å². The molecule has 1 unspecified atom stereocenters. The number of likely N-dealkylation sites (N-methyl/N-ethyl adjacent to an activating group) is 1. The van der Waals surface area contributed by atoms with Crippen LogP contribution in [0.15, 0.2) is 4.99 Å². The average molecular weight is 368 g/mol. The highest BCUT2D eigenvalue weighted by Crippen LogP contribution is 2.18. The van der Waals surface area contributed by atoms with E-state index in [2.05, 4.69) is 25.9 Å². The Hall–Kier alpha value is -0.410. The smallest absolute Gasteiger partial charge is 0.198 e. The first-order chi connectivity index (χ1) is 12.6. The topological polar surface area (TPSA) is 32.6 Å². The molecule has 1 aliphatic heterocycles. The molecule has 0 spiro atoms. The summed E-state index contributed by atoms with van der Waals surface area (Å²) < 4.78 is 0.883.